The third kappa shape index (κ3) is 2.38. The molecule has 0 spiro atoms. The first kappa shape index (κ1) is 13.3. The van der Waals surface area contributed by atoms with Crippen LogP contribution in [-0.2, 0) is 4.79 Å². The molecule has 5 nitrogen and oxygen atoms in total. The summed E-state index contributed by atoms with van der Waals surface area (Å²) in [4.78, 5) is 10.6. The quantitative estimate of drug-likeness (QED) is 0.881. The van der Waals surface area contributed by atoms with Gasteiger partial charge in [-0.15, -0.1) is 0 Å². The van der Waals surface area contributed by atoms with Crippen molar-refractivity contribution >= 4 is 12.0 Å². The molecule has 0 saturated carbocycles. The van der Waals surface area contributed by atoms with Crippen LogP contribution in [0.5, 0.6) is 11.5 Å². The Labute approximate surface area is 122 Å². The standard InChI is InChI=1S/C16H15NO4/c1-10-7-12(3-6-16(18)19)11(2)17(10)13-4-5-14-15(8-13)21-9-20-14/h3-8H,9H2,1-2H3,(H,18,19)/b6-3+. The molecule has 0 aliphatic carbocycles. The van der Waals surface area contributed by atoms with E-state index in [1.165, 1.54) is 0 Å². The number of benzene rings is 1. The number of hydrogen-bond acceptors (Lipinski definition) is 3. The summed E-state index contributed by atoms with van der Waals surface area (Å²) in [6, 6.07) is 7.72. The second-order valence-electron chi connectivity index (χ2n) is 4.87. The van der Waals surface area contributed by atoms with Crippen molar-refractivity contribution in [3.8, 4) is 17.2 Å². The highest BCUT2D eigenvalue weighted by Gasteiger charge is 2.16. The molecule has 0 amide bonds. The van der Waals surface area contributed by atoms with Crippen LogP contribution >= 0.6 is 0 Å². The third-order valence-corrected chi connectivity index (χ3v) is 3.49. The monoisotopic (exact) mass is 285 g/mol. The lowest BCUT2D eigenvalue weighted by Crippen LogP contribution is -1.99. The second-order valence-corrected chi connectivity index (χ2v) is 4.87. The Morgan fingerprint density at radius 2 is 2.00 bits per heavy atom. The molecule has 0 bridgehead atoms. The Morgan fingerprint density at radius 1 is 1.24 bits per heavy atom. The third-order valence-electron chi connectivity index (χ3n) is 3.49. The molecule has 2 heterocycles. The lowest BCUT2D eigenvalue weighted by atomic mass is 10.2. The number of fused-ring (bicyclic) bond motifs is 1. The fraction of sp³-hybridized carbons (Fsp3) is 0.188. The zero-order chi connectivity index (χ0) is 15.0. The average molecular weight is 285 g/mol. The minimum absolute atomic E-state index is 0.245. The summed E-state index contributed by atoms with van der Waals surface area (Å²) in [7, 11) is 0. The van der Waals surface area contributed by atoms with Crippen LogP contribution in [-0.4, -0.2) is 22.4 Å². The normalized spacial score (nSPS) is 13.0. The minimum Gasteiger partial charge on any atom is -0.478 e. The number of carboxylic acid groups (broad SMARTS) is 1. The van der Waals surface area contributed by atoms with Gasteiger partial charge in [0.25, 0.3) is 0 Å². The Bertz CT molecular complexity index is 743. The average Bonchev–Trinajstić information content (AvgIpc) is 3.00. The summed E-state index contributed by atoms with van der Waals surface area (Å²) in [6.07, 6.45) is 2.75. The van der Waals surface area contributed by atoms with Gasteiger partial charge >= 0.3 is 5.97 Å². The van der Waals surface area contributed by atoms with Crippen molar-refractivity contribution in [3.05, 3.63) is 47.3 Å². The number of carbonyl (C=O) groups is 1. The SMILES string of the molecule is Cc1cc(/C=C/C(=O)O)c(C)n1-c1ccc2c(c1)OCO2. The van der Waals surface area contributed by atoms with Gasteiger partial charge in [0.15, 0.2) is 11.5 Å². The molecule has 5 heteroatoms. The van der Waals surface area contributed by atoms with Gasteiger partial charge in [-0.1, -0.05) is 0 Å². The Kier molecular flexibility index (Phi) is 3.17. The van der Waals surface area contributed by atoms with Crippen molar-refractivity contribution < 1.29 is 19.4 Å². The summed E-state index contributed by atoms with van der Waals surface area (Å²) < 4.78 is 12.8. The van der Waals surface area contributed by atoms with Crippen LogP contribution in [0.3, 0.4) is 0 Å². The van der Waals surface area contributed by atoms with Gasteiger partial charge in [-0.05, 0) is 43.7 Å². The minimum atomic E-state index is -0.956. The number of carboxylic acids is 1. The van der Waals surface area contributed by atoms with E-state index in [0.717, 1.165) is 40.2 Å². The molecule has 1 aliphatic heterocycles. The molecule has 1 aromatic carbocycles. The fourth-order valence-corrected chi connectivity index (χ4v) is 2.54. The highest BCUT2D eigenvalue weighted by atomic mass is 16.7. The Hall–Kier alpha value is -2.69. The summed E-state index contributed by atoms with van der Waals surface area (Å²) in [6.45, 7) is 4.18. The summed E-state index contributed by atoms with van der Waals surface area (Å²) >= 11 is 0. The van der Waals surface area contributed by atoms with Gasteiger partial charge < -0.3 is 19.1 Å². The van der Waals surface area contributed by atoms with Gasteiger partial charge in [0.2, 0.25) is 6.79 Å². The van der Waals surface area contributed by atoms with E-state index in [2.05, 4.69) is 4.57 Å². The van der Waals surface area contributed by atoms with Crippen molar-refractivity contribution in [2.45, 2.75) is 13.8 Å². The maximum absolute atomic E-state index is 10.6. The first-order chi connectivity index (χ1) is 10.1. The number of aromatic nitrogens is 1. The number of nitrogens with zero attached hydrogens (tertiary/aromatic N) is 1. The van der Waals surface area contributed by atoms with E-state index < -0.39 is 5.97 Å². The summed E-state index contributed by atoms with van der Waals surface area (Å²) in [5.74, 6) is 0.512. The van der Waals surface area contributed by atoms with Gasteiger partial charge in [0.05, 0.1) is 0 Å². The molecule has 1 aliphatic rings. The van der Waals surface area contributed by atoms with E-state index in [0.29, 0.717) is 0 Å². The van der Waals surface area contributed by atoms with Crippen LogP contribution in [0.1, 0.15) is 17.0 Å². The van der Waals surface area contributed by atoms with E-state index >= 15 is 0 Å². The molecule has 0 unspecified atom stereocenters. The van der Waals surface area contributed by atoms with Gasteiger partial charge in [0, 0.05) is 29.2 Å². The van der Waals surface area contributed by atoms with E-state index in [-0.39, 0.29) is 6.79 Å². The largest absolute Gasteiger partial charge is 0.478 e. The number of hydrogen-bond donors (Lipinski definition) is 1. The van der Waals surface area contributed by atoms with Crippen LogP contribution in [0.2, 0.25) is 0 Å². The first-order valence-electron chi connectivity index (χ1n) is 6.56. The molecular weight excluding hydrogens is 270 g/mol. The molecule has 0 fully saturated rings. The van der Waals surface area contributed by atoms with Crippen LogP contribution in [0.15, 0.2) is 30.3 Å². The lowest BCUT2D eigenvalue weighted by Gasteiger charge is -2.10. The fourth-order valence-electron chi connectivity index (χ4n) is 2.54. The molecular formula is C16H15NO4. The van der Waals surface area contributed by atoms with Gasteiger partial charge in [-0.3, -0.25) is 0 Å². The predicted octanol–water partition coefficient (Wildman–Crippen LogP) is 2.92. The van der Waals surface area contributed by atoms with Gasteiger partial charge in [-0.2, -0.15) is 0 Å². The smallest absolute Gasteiger partial charge is 0.328 e. The van der Waals surface area contributed by atoms with E-state index in [1.54, 1.807) is 6.08 Å². The molecule has 0 atom stereocenters. The summed E-state index contributed by atoms with van der Waals surface area (Å²) in [5.41, 5.74) is 3.84. The first-order valence-corrected chi connectivity index (χ1v) is 6.56. The summed E-state index contributed by atoms with van der Waals surface area (Å²) in [5, 5.41) is 8.74. The number of ether oxygens (including phenoxy) is 2. The van der Waals surface area contributed by atoms with Crippen molar-refractivity contribution in [1.29, 1.82) is 0 Å². The Morgan fingerprint density at radius 3 is 2.76 bits per heavy atom. The van der Waals surface area contributed by atoms with E-state index in [1.807, 2.05) is 38.1 Å². The van der Waals surface area contributed by atoms with Crippen LogP contribution in [0.4, 0.5) is 0 Å². The molecule has 0 saturated heterocycles. The van der Waals surface area contributed by atoms with Gasteiger partial charge in [-0.25, -0.2) is 4.79 Å². The van der Waals surface area contributed by atoms with Crippen molar-refractivity contribution in [2.24, 2.45) is 0 Å². The van der Waals surface area contributed by atoms with Crippen LogP contribution < -0.4 is 9.47 Å². The number of aryl methyl sites for hydroxylation is 1. The molecule has 21 heavy (non-hydrogen) atoms. The molecule has 2 aromatic rings. The highest BCUT2D eigenvalue weighted by molar-refractivity contribution is 5.85. The van der Waals surface area contributed by atoms with E-state index in [4.69, 9.17) is 14.6 Å². The van der Waals surface area contributed by atoms with Crippen LogP contribution in [0, 0.1) is 13.8 Å². The molecule has 1 aromatic heterocycles. The van der Waals surface area contributed by atoms with Crippen molar-refractivity contribution in [1.82, 2.24) is 4.57 Å². The van der Waals surface area contributed by atoms with Crippen molar-refractivity contribution in [3.63, 3.8) is 0 Å². The molecule has 3 rings (SSSR count). The van der Waals surface area contributed by atoms with E-state index in [9.17, 15) is 4.79 Å². The number of aliphatic carboxylic acids is 1. The maximum Gasteiger partial charge on any atom is 0.328 e. The zero-order valence-electron chi connectivity index (χ0n) is 11.8. The molecule has 108 valence electrons. The van der Waals surface area contributed by atoms with Crippen molar-refractivity contribution in [2.75, 3.05) is 6.79 Å². The highest BCUT2D eigenvalue weighted by Crippen LogP contribution is 2.34. The lowest BCUT2D eigenvalue weighted by molar-refractivity contribution is -0.131. The van der Waals surface area contributed by atoms with Gasteiger partial charge in [0.1, 0.15) is 0 Å². The van der Waals surface area contributed by atoms with Crippen LogP contribution in [0.25, 0.3) is 11.8 Å². The molecule has 1 N–H and O–H groups in total. The molecule has 0 radical (unpaired) electrons. The topological polar surface area (TPSA) is 60.7 Å². The maximum atomic E-state index is 10.6. The predicted molar refractivity (Wildman–Crippen MR) is 78.0 cm³/mol. The Balaban J connectivity index is 2.04. The number of rotatable bonds is 3. The second kappa shape index (κ2) is 5.01. The zero-order valence-corrected chi connectivity index (χ0v) is 11.8.